The van der Waals surface area contributed by atoms with Gasteiger partial charge in [-0.1, -0.05) is 73.3 Å². The van der Waals surface area contributed by atoms with Crippen LogP contribution in [-0.2, 0) is 26.0 Å². The minimum atomic E-state index is -3.85. The fourth-order valence-corrected chi connectivity index (χ4v) is 5.91. The average Bonchev–Trinajstić information content (AvgIpc) is 3.32. The molecular formula is C26H33Cl2N3O4S. The van der Waals surface area contributed by atoms with Crippen LogP contribution >= 0.6 is 23.2 Å². The predicted molar refractivity (Wildman–Crippen MR) is 145 cm³/mol. The van der Waals surface area contributed by atoms with Gasteiger partial charge in [-0.2, -0.15) is 0 Å². The molecule has 0 spiro atoms. The van der Waals surface area contributed by atoms with Gasteiger partial charge in [-0.05, 0) is 49.4 Å². The first-order valence-electron chi connectivity index (χ1n) is 12.2. The molecule has 0 saturated heterocycles. The van der Waals surface area contributed by atoms with Crippen molar-refractivity contribution in [2.24, 2.45) is 0 Å². The molecule has 0 radical (unpaired) electrons. The summed E-state index contributed by atoms with van der Waals surface area (Å²) >= 11 is 12.2. The number of rotatable bonds is 11. The fraction of sp³-hybridized carbons (Fsp3) is 0.462. The van der Waals surface area contributed by atoms with Crippen LogP contribution in [0.1, 0.15) is 44.6 Å². The third-order valence-corrected chi connectivity index (χ3v) is 7.96. The van der Waals surface area contributed by atoms with E-state index < -0.39 is 28.5 Å². The van der Waals surface area contributed by atoms with Gasteiger partial charge in [0.25, 0.3) is 0 Å². The Hall–Kier alpha value is -2.29. The molecule has 1 fully saturated rings. The summed E-state index contributed by atoms with van der Waals surface area (Å²) in [6.07, 6.45) is 5.96. The summed E-state index contributed by atoms with van der Waals surface area (Å²) in [5.41, 5.74) is 1.21. The van der Waals surface area contributed by atoms with Crippen molar-refractivity contribution >= 4 is 50.7 Å². The van der Waals surface area contributed by atoms with Crippen LogP contribution in [0.2, 0.25) is 10.0 Å². The number of hydrogen-bond donors (Lipinski definition) is 1. The van der Waals surface area contributed by atoms with E-state index in [1.54, 1.807) is 0 Å². The quantitative estimate of drug-likeness (QED) is 0.438. The van der Waals surface area contributed by atoms with Crippen LogP contribution in [0.3, 0.4) is 0 Å². The van der Waals surface area contributed by atoms with Gasteiger partial charge in [-0.3, -0.25) is 13.9 Å². The molecule has 10 heteroatoms. The van der Waals surface area contributed by atoms with Crippen molar-refractivity contribution in [3.63, 3.8) is 0 Å². The number of sulfonamides is 1. The lowest BCUT2D eigenvalue weighted by Gasteiger charge is -2.33. The van der Waals surface area contributed by atoms with E-state index in [0.717, 1.165) is 41.8 Å². The molecule has 1 N–H and O–H groups in total. The van der Waals surface area contributed by atoms with Gasteiger partial charge in [0.1, 0.15) is 12.6 Å². The van der Waals surface area contributed by atoms with Gasteiger partial charge in [0.2, 0.25) is 21.8 Å². The summed E-state index contributed by atoms with van der Waals surface area (Å²) < 4.78 is 26.3. The van der Waals surface area contributed by atoms with Crippen molar-refractivity contribution in [2.75, 3.05) is 23.7 Å². The summed E-state index contributed by atoms with van der Waals surface area (Å²) in [6.45, 7) is 1.65. The van der Waals surface area contributed by atoms with Crippen molar-refractivity contribution < 1.29 is 18.0 Å². The molecule has 196 valence electrons. The summed E-state index contributed by atoms with van der Waals surface area (Å²) in [7, 11) is -3.85. The Bertz CT molecular complexity index is 1130. The molecule has 36 heavy (non-hydrogen) atoms. The number of anilines is 1. The van der Waals surface area contributed by atoms with E-state index in [0.29, 0.717) is 12.8 Å². The van der Waals surface area contributed by atoms with Crippen LogP contribution in [0.25, 0.3) is 0 Å². The smallest absolute Gasteiger partial charge is 0.244 e. The van der Waals surface area contributed by atoms with Crippen LogP contribution in [0, 0.1) is 0 Å². The number of nitrogens with zero attached hydrogens (tertiary/aromatic N) is 2. The number of carbonyl (C=O) groups is 2. The molecule has 2 aromatic carbocycles. The molecule has 0 aliphatic heterocycles. The van der Waals surface area contributed by atoms with Crippen LogP contribution < -0.4 is 9.62 Å². The SMILES string of the molecule is CC[C@H](C(=O)NC1CCCC1)N(CCc1ccccc1)C(=O)CN(c1cc(Cl)cc(Cl)c1)S(C)(=O)=O. The highest BCUT2D eigenvalue weighted by molar-refractivity contribution is 7.92. The maximum atomic E-state index is 13.7. The minimum absolute atomic E-state index is 0.110. The second-order valence-electron chi connectivity index (χ2n) is 9.13. The van der Waals surface area contributed by atoms with Gasteiger partial charge in [0, 0.05) is 22.6 Å². The average molecular weight is 555 g/mol. The first-order chi connectivity index (χ1) is 17.1. The lowest BCUT2D eigenvalue weighted by Crippen LogP contribution is -2.54. The molecule has 0 unspecified atom stereocenters. The van der Waals surface area contributed by atoms with Crippen LogP contribution in [0.5, 0.6) is 0 Å². The highest BCUT2D eigenvalue weighted by atomic mass is 35.5. The zero-order chi connectivity index (χ0) is 26.3. The van der Waals surface area contributed by atoms with Crippen LogP contribution in [0.4, 0.5) is 5.69 Å². The Morgan fingerprint density at radius 3 is 2.22 bits per heavy atom. The summed E-state index contributed by atoms with van der Waals surface area (Å²) in [6, 6.07) is 13.4. The molecule has 0 bridgehead atoms. The number of carbonyl (C=O) groups excluding carboxylic acids is 2. The standard InChI is InChI=1S/C26H33Cl2N3O4S/c1-3-24(26(33)29-22-11-7-8-12-22)30(14-13-19-9-5-4-6-10-19)25(32)18-31(36(2,34)35)23-16-20(27)15-21(28)17-23/h4-6,9-10,15-17,22,24H,3,7-8,11-14,18H2,1-2H3,(H,29,33)/t24-/m1/s1. The number of benzene rings is 2. The van der Waals surface area contributed by atoms with E-state index in [2.05, 4.69) is 5.32 Å². The maximum absolute atomic E-state index is 13.7. The highest BCUT2D eigenvalue weighted by Gasteiger charge is 2.32. The molecule has 1 aliphatic carbocycles. The Kier molecular flexibility index (Phi) is 10.0. The topological polar surface area (TPSA) is 86.8 Å². The van der Waals surface area contributed by atoms with Gasteiger partial charge in [0.15, 0.2) is 0 Å². The number of amides is 2. The van der Waals surface area contributed by atoms with Gasteiger partial charge in [-0.25, -0.2) is 8.42 Å². The molecule has 1 saturated carbocycles. The molecule has 0 heterocycles. The zero-order valence-corrected chi connectivity index (χ0v) is 23.0. The fourth-order valence-electron chi connectivity index (χ4n) is 4.56. The Morgan fingerprint density at radius 2 is 1.67 bits per heavy atom. The lowest BCUT2D eigenvalue weighted by atomic mass is 10.1. The zero-order valence-electron chi connectivity index (χ0n) is 20.6. The van der Waals surface area contributed by atoms with E-state index in [4.69, 9.17) is 23.2 Å². The lowest BCUT2D eigenvalue weighted by molar-refractivity contribution is -0.139. The number of nitrogens with one attached hydrogen (secondary N) is 1. The molecule has 1 atom stereocenters. The van der Waals surface area contributed by atoms with Crippen molar-refractivity contribution in [2.45, 2.75) is 57.5 Å². The third-order valence-electron chi connectivity index (χ3n) is 6.39. The van der Waals surface area contributed by atoms with Gasteiger partial charge < -0.3 is 10.2 Å². The Morgan fingerprint density at radius 1 is 1.06 bits per heavy atom. The highest BCUT2D eigenvalue weighted by Crippen LogP contribution is 2.27. The second kappa shape index (κ2) is 12.8. The molecule has 3 rings (SSSR count). The monoisotopic (exact) mass is 553 g/mol. The number of halogens is 2. The molecular weight excluding hydrogens is 521 g/mol. The van der Waals surface area contributed by atoms with Gasteiger partial charge in [0.05, 0.1) is 11.9 Å². The first kappa shape index (κ1) is 28.3. The third kappa shape index (κ3) is 7.85. The predicted octanol–water partition coefficient (Wildman–Crippen LogP) is 4.67. The summed E-state index contributed by atoms with van der Waals surface area (Å²) in [4.78, 5) is 28.4. The van der Waals surface area contributed by atoms with Crippen molar-refractivity contribution in [1.29, 1.82) is 0 Å². The van der Waals surface area contributed by atoms with Crippen molar-refractivity contribution in [3.8, 4) is 0 Å². The van der Waals surface area contributed by atoms with Crippen LogP contribution in [0.15, 0.2) is 48.5 Å². The summed E-state index contributed by atoms with van der Waals surface area (Å²) in [5.74, 6) is -0.677. The maximum Gasteiger partial charge on any atom is 0.244 e. The van der Waals surface area contributed by atoms with E-state index in [-0.39, 0.29) is 34.2 Å². The van der Waals surface area contributed by atoms with E-state index in [9.17, 15) is 18.0 Å². The molecule has 2 amide bonds. The Balaban J connectivity index is 1.88. The molecule has 0 aromatic heterocycles. The first-order valence-corrected chi connectivity index (χ1v) is 14.8. The minimum Gasteiger partial charge on any atom is -0.352 e. The van der Waals surface area contributed by atoms with E-state index in [1.807, 2.05) is 37.3 Å². The molecule has 1 aliphatic rings. The molecule has 7 nitrogen and oxygen atoms in total. The van der Waals surface area contributed by atoms with Crippen molar-refractivity contribution in [1.82, 2.24) is 10.2 Å². The number of hydrogen-bond acceptors (Lipinski definition) is 4. The summed E-state index contributed by atoms with van der Waals surface area (Å²) in [5, 5.41) is 3.60. The van der Waals surface area contributed by atoms with Gasteiger partial charge in [-0.15, -0.1) is 0 Å². The second-order valence-corrected chi connectivity index (χ2v) is 11.9. The molecule has 2 aromatic rings. The van der Waals surface area contributed by atoms with E-state index >= 15 is 0 Å². The Labute approximate surface area is 223 Å². The van der Waals surface area contributed by atoms with Crippen LogP contribution in [-0.4, -0.2) is 56.6 Å². The largest absolute Gasteiger partial charge is 0.352 e. The van der Waals surface area contributed by atoms with E-state index in [1.165, 1.54) is 23.1 Å². The van der Waals surface area contributed by atoms with Gasteiger partial charge >= 0.3 is 0 Å². The van der Waals surface area contributed by atoms with Crippen molar-refractivity contribution in [3.05, 3.63) is 64.1 Å². The normalized spacial score (nSPS) is 14.9.